The average Bonchev–Trinajstić information content (AvgIpc) is 2.69. The van der Waals surface area contributed by atoms with E-state index in [-0.39, 0.29) is 5.91 Å². The Balaban J connectivity index is 1.82. The van der Waals surface area contributed by atoms with E-state index in [1.165, 1.54) is 0 Å². The average molecular weight is 482 g/mol. The third-order valence-corrected chi connectivity index (χ3v) is 5.44. The molecule has 5 heteroatoms. The number of pyridine rings is 1. The van der Waals surface area contributed by atoms with Crippen LogP contribution in [0.5, 0.6) is 0 Å². The lowest BCUT2D eigenvalue weighted by Crippen LogP contribution is -2.13. The first-order valence-corrected chi connectivity index (χ1v) is 9.92. The smallest absolute Gasteiger partial charge is 0.256 e. The molecule has 132 valence electrons. The van der Waals surface area contributed by atoms with Gasteiger partial charge in [0.25, 0.3) is 5.91 Å². The molecule has 0 aliphatic heterocycles. The fraction of sp³-hybridized carbons (Fsp3) is 0. The second kappa shape index (κ2) is 7.62. The van der Waals surface area contributed by atoms with Crippen molar-refractivity contribution in [3.63, 3.8) is 0 Å². The molecule has 0 unspecified atom stereocenters. The van der Waals surface area contributed by atoms with Crippen LogP contribution in [0.25, 0.3) is 22.2 Å². The molecule has 3 nitrogen and oxygen atoms in total. The molecule has 0 atom stereocenters. The fourth-order valence-electron chi connectivity index (χ4n) is 2.88. The molecule has 1 heterocycles. The molecule has 27 heavy (non-hydrogen) atoms. The third kappa shape index (κ3) is 3.80. The van der Waals surface area contributed by atoms with Crippen molar-refractivity contribution in [2.45, 2.75) is 0 Å². The molecule has 0 saturated heterocycles. The molecule has 0 fully saturated rings. The molecule has 0 saturated carbocycles. The Morgan fingerprint density at radius 1 is 0.852 bits per heavy atom. The van der Waals surface area contributed by atoms with Crippen molar-refractivity contribution in [2.75, 3.05) is 5.32 Å². The normalized spacial score (nSPS) is 10.7. The van der Waals surface area contributed by atoms with Gasteiger partial charge in [0.1, 0.15) is 0 Å². The summed E-state index contributed by atoms with van der Waals surface area (Å²) in [5.41, 5.74) is 3.83. The van der Waals surface area contributed by atoms with Crippen LogP contribution >= 0.6 is 31.9 Å². The number of rotatable bonds is 3. The van der Waals surface area contributed by atoms with Crippen LogP contribution in [0.4, 0.5) is 5.69 Å². The Kier molecular flexibility index (Phi) is 5.05. The van der Waals surface area contributed by atoms with E-state index in [2.05, 4.69) is 37.2 Å². The maximum atomic E-state index is 13.1. The Morgan fingerprint density at radius 2 is 1.56 bits per heavy atom. The van der Waals surface area contributed by atoms with Gasteiger partial charge in [0, 0.05) is 19.9 Å². The Bertz CT molecular complexity index is 1140. The Morgan fingerprint density at radius 3 is 2.33 bits per heavy atom. The predicted octanol–water partition coefficient (Wildman–Crippen LogP) is 6.68. The highest BCUT2D eigenvalue weighted by Gasteiger charge is 2.15. The summed E-state index contributed by atoms with van der Waals surface area (Å²) in [6.07, 6.45) is 0. The fourth-order valence-corrected chi connectivity index (χ4v) is 3.53. The zero-order valence-corrected chi connectivity index (χ0v) is 17.3. The number of halogens is 2. The van der Waals surface area contributed by atoms with Crippen LogP contribution < -0.4 is 5.32 Å². The molecule has 4 rings (SSSR count). The van der Waals surface area contributed by atoms with Crippen LogP contribution in [0, 0.1) is 0 Å². The minimum atomic E-state index is -0.168. The molecule has 0 aliphatic rings. The summed E-state index contributed by atoms with van der Waals surface area (Å²) >= 11 is 6.92. The monoisotopic (exact) mass is 480 g/mol. The molecule has 0 spiro atoms. The van der Waals surface area contributed by atoms with Gasteiger partial charge in [-0.2, -0.15) is 0 Å². The Hall–Kier alpha value is -2.50. The number of benzene rings is 3. The largest absolute Gasteiger partial charge is 0.321 e. The van der Waals surface area contributed by atoms with Gasteiger partial charge in [-0.1, -0.05) is 58.4 Å². The van der Waals surface area contributed by atoms with E-state index in [0.717, 1.165) is 36.8 Å². The van der Waals surface area contributed by atoms with Crippen molar-refractivity contribution in [2.24, 2.45) is 0 Å². The van der Waals surface area contributed by atoms with Gasteiger partial charge in [0.15, 0.2) is 0 Å². The lowest BCUT2D eigenvalue weighted by molar-refractivity contribution is 0.102. The number of hydrogen-bond acceptors (Lipinski definition) is 2. The zero-order chi connectivity index (χ0) is 18.8. The van der Waals surface area contributed by atoms with Crippen molar-refractivity contribution >= 4 is 54.4 Å². The maximum absolute atomic E-state index is 13.1. The molecule has 0 aliphatic carbocycles. The number of carbonyl (C=O) groups excluding carboxylic acids is 1. The van der Waals surface area contributed by atoms with E-state index >= 15 is 0 Å². The first-order chi connectivity index (χ1) is 13.1. The number of nitrogens with one attached hydrogen (secondary N) is 1. The van der Waals surface area contributed by atoms with Gasteiger partial charge in [-0.3, -0.25) is 4.79 Å². The van der Waals surface area contributed by atoms with Crippen LogP contribution in [0.3, 0.4) is 0 Å². The van der Waals surface area contributed by atoms with Crippen molar-refractivity contribution < 1.29 is 4.79 Å². The van der Waals surface area contributed by atoms with Gasteiger partial charge in [0.2, 0.25) is 0 Å². The minimum absolute atomic E-state index is 0.168. The predicted molar refractivity (Wildman–Crippen MR) is 117 cm³/mol. The number of anilines is 1. The standard InChI is InChI=1S/C22H14Br2N2O/c23-15-11-9-14(10-12-15)21-13-17(16-5-1-3-7-19(16)25-21)22(27)26-20-8-4-2-6-18(20)24/h1-13H,(H,26,27). The van der Waals surface area contributed by atoms with Crippen molar-refractivity contribution in [3.8, 4) is 11.3 Å². The summed E-state index contributed by atoms with van der Waals surface area (Å²) in [6.45, 7) is 0. The summed E-state index contributed by atoms with van der Waals surface area (Å²) in [7, 11) is 0. The molecule has 1 aromatic heterocycles. The number of nitrogens with zero attached hydrogens (tertiary/aromatic N) is 1. The van der Waals surface area contributed by atoms with Crippen LogP contribution in [-0.2, 0) is 0 Å². The topological polar surface area (TPSA) is 42.0 Å². The van der Waals surface area contributed by atoms with Crippen LogP contribution in [-0.4, -0.2) is 10.9 Å². The second-order valence-corrected chi connectivity index (χ2v) is 7.78. The molecule has 0 radical (unpaired) electrons. The highest BCUT2D eigenvalue weighted by Crippen LogP contribution is 2.28. The van der Waals surface area contributed by atoms with E-state index in [9.17, 15) is 4.79 Å². The molecule has 0 bridgehead atoms. The SMILES string of the molecule is O=C(Nc1ccccc1Br)c1cc(-c2ccc(Br)cc2)nc2ccccc12. The lowest BCUT2D eigenvalue weighted by atomic mass is 10.0. The minimum Gasteiger partial charge on any atom is -0.321 e. The molecular formula is C22H14Br2N2O. The molecule has 1 amide bonds. The second-order valence-electron chi connectivity index (χ2n) is 6.01. The quantitative estimate of drug-likeness (QED) is 0.354. The summed E-state index contributed by atoms with van der Waals surface area (Å²) in [5.74, 6) is -0.168. The van der Waals surface area contributed by atoms with E-state index < -0.39 is 0 Å². The molecular weight excluding hydrogens is 468 g/mol. The van der Waals surface area contributed by atoms with Gasteiger partial charge in [-0.25, -0.2) is 4.98 Å². The lowest BCUT2D eigenvalue weighted by Gasteiger charge is -2.11. The number of amides is 1. The van der Waals surface area contributed by atoms with E-state index in [4.69, 9.17) is 4.98 Å². The van der Waals surface area contributed by atoms with Gasteiger partial charge in [0.05, 0.1) is 22.5 Å². The van der Waals surface area contributed by atoms with E-state index in [0.29, 0.717) is 5.56 Å². The van der Waals surface area contributed by atoms with Gasteiger partial charge >= 0.3 is 0 Å². The van der Waals surface area contributed by atoms with Gasteiger partial charge < -0.3 is 5.32 Å². The van der Waals surface area contributed by atoms with Crippen molar-refractivity contribution in [1.82, 2.24) is 4.98 Å². The van der Waals surface area contributed by atoms with E-state index in [1.807, 2.05) is 78.9 Å². The van der Waals surface area contributed by atoms with Crippen molar-refractivity contribution in [3.05, 3.63) is 93.4 Å². The highest BCUT2D eigenvalue weighted by atomic mass is 79.9. The van der Waals surface area contributed by atoms with Crippen molar-refractivity contribution in [1.29, 1.82) is 0 Å². The molecule has 3 aromatic carbocycles. The highest BCUT2D eigenvalue weighted by molar-refractivity contribution is 9.10. The van der Waals surface area contributed by atoms with Crippen LogP contribution in [0.2, 0.25) is 0 Å². The van der Waals surface area contributed by atoms with Crippen LogP contribution in [0.15, 0.2) is 87.8 Å². The molecule has 1 N–H and O–H groups in total. The molecule has 4 aromatic rings. The number of aromatic nitrogens is 1. The number of carbonyl (C=O) groups is 1. The number of fused-ring (bicyclic) bond motifs is 1. The number of hydrogen-bond donors (Lipinski definition) is 1. The Labute approximate surface area is 173 Å². The summed E-state index contributed by atoms with van der Waals surface area (Å²) in [6, 6.07) is 25.0. The summed E-state index contributed by atoms with van der Waals surface area (Å²) in [5, 5.41) is 3.81. The first kappa shape index (κ1) is 17.9. The first-order valence-electron chi connectivity index (χ1n) is 8.33. The summed E-state index contributed by atoms with van der Waals surface area (Å²) in [4.78, 5) is 17.8. The maximum Gasteiger partial charge on any atom is 0.256 e. The zero-order valence-electron chi connectivity index (χ0n) is 14.1. The van der Waals surface area contributed by atoms with E-state index in [1.54, 1.807) is 0 Å². The van der Waals surface area contributed by atoms with Crippen LogP contribution in [0.1, 0.15) is 10.4 Å². The third-order valence-electron chi connectivity index (χ3n) is 4.22. The van der Waals surface area contributed by atoms with Gasteiger partial charge in [-0.05, 0) is 52.3 Å². The number of para-hydroxylation sites is 2. The summed E-state index contributed by atoms with van der Waals surface area (Å²) < 4.78 is 1.84. The van der Waals surface area contributed by atoms with Gasteiger partial charge in [-0.15, -0.1) is 0 Å².